The SMILES string of the molecule is CCOC(=O)CCCC/C=C/c1c(C2CC2)nc2ccccc2c1-c1ccc(F)cc1. The van der Waals surface area contributed by atoms with Gasteiger partial charge >= 0.3 is 5.97 Å². The molecule has 1 heterocycles. The largest absolute Gasteiger partial charge is 0.466 e. The Hall–Kier alpha value is -3.01. The van der Waals surface area contributed by atoms with Crippen LogP contribution in [0.25, 0.3) is 28.1 Å². The number of carbonyl (C=O) groups is 1. The molecule has 0 N–H and O–H groups in total. The maximum Gasteiger partial charge on any atom is 0.305 e. The number of unbranched alkanes of at least 4 members (excludes halogenated alkanes) is 2. The third kappa shape index (κ3) is 5.19. The van der Waals surface area contributed by atoms with E-state index in [4.69, 9.17) is 9.72 Å². The molecule has 31 heavy (non-hydrogen) atoms. The van der Waals surface area contributed by atoms with Crippen molar-refractivity contribution in [2.24, 2.45) is 0 Å². The predicted octanol–water partition coefficient (Wildman–Crippen LogP) is 7.06. The van der Waals surface area contributed by atoms with Crippen LogP contribution in [0.1, 0.15) is 62.6 Å². The van der Waals surface area contributed by atoms with E-state index in [1.807, 2.05) is 31.2 Å². The van der Waals surface area contributed by atoms with Crippen molar-refractivity contribution in [1.29, 1.82) is 0 Å². The Balaban J connectivity index is 1.64. The van der Waals surface area contributed by atoms with Crippen LogP contribution < -0.4 is 0 Å². The number of aromatic nitrogens is 1. The van der Waals surface area contributed by atoms with Crippen molar-refractivity contribution in [2.45, 2.75) is 51.4 Å². The molecule has 0 radical (unpaired) electrons. The minimum absolute atomic E-state index is 0.125. The molecule has 1 saturated carbocycles. The maximum atomic E-state index is 13.6. The molecule has 3 nitrogen and oxygen atoms in total. The number of hydrogen-bond donors (Lipinski definition) is 0. The zero-order valence-electron chi connectivity index (χ0n) is 17.9. The van der Waals surface area contributed by atoms with Gasteiger partial charge < -0.3 is 4.74 Å². The van der Waals surface area contributed by atoms with Gasteiger partial charge in [-0.05, 0) is 62.8 Å². The highest BCUT2D eigenvalue weighted by atomic mass is 19.1. The third-order valence-corrected chi connectivity index (χ3v) is 5.65. The third-order valence-electron chi connectivity index (χ3n) is 5.65. The average Bonchev–Trinajstić information content (AvgIpc) is 3.62. The van der Waals surface area contributed by atoms with Crippen molar-refractivity contribution in [3.05, 3.63) is 71.7 Å². The van der Waals surface area contributed by atoms with Crippen LogP contribution in [0.2, 0.25) is 0 Å². The lowest BCUT2D eigenvalue weighted by molar-refractivity contribution is -0.143. The van der Waals surface area contributed by atoms with Crippen LogP contribution >= 0.6 is 0 Å². The highest BCUT2D eigenvalue weighted by Gasteiger charge is 2.29. The smallest absolute Gasteiger partial charge is 0.305 e. The number of para-hydroxylation sites is 1. The molecule has 0 spiro atoms. The number of benzene rings is 2. The van der Waals surface area contributed by atoms with E-state index in [-0.39, 0.29) is 11.8 Å². The Kier molecular flexibility index (Phi) is 6.76. The van der Waals surface area contributed by atoms with Crippen molar-refractivity contribution in [2.75, 3.05) is 6.61 Å². The normalized spacial score (nSPS) is 13.7. The van der Waals surface area contributed by atoms with Crippen LogP contribution in [-0.4, -0.2) is 17.6 Å². The van der Waals surface area contributed by atoms with E-state index < -0.39 is 0 Å². The highest BCUT2D eigenvalue weighted by molar-refractivity contribution is 5.99. The summed E-state index contributed by atoms with van der Waals surface area (Å²) in [4.78, 5) is 16.5. The first kappa shape index (κ1) is 21.2. The van der Waals surface area contributed by atoms with Crippen LogP contribution in [0.4, 0.5) is 4.39 Å². The van der Waals surface area contributed by atoms with Crippen LogP contribution in [-0.2, 0) is 9.53 Å². The molecule has 3 aromatic rings. The first-order valence-corrected chi connectivity index (χ1v) is 11.2. The maximum absolute atomic E-state index is 13.6. The summed E-state index contributed by atoms with van der Waals surface area (Å²) in [6.45, 7) is 2.26. The Morgan fingerprint density at radius 1 is 1.13 bits per heavy atom. The number of fused-ring (bicyclic) bond motifs is 1. The van der Waals surface area contributed by atoms with Gasteiger partial charge in [-0.2, -0.15) is 0 Å². The molecule has 1 aliphatic rings. The topological polar surface area (TPSA) is 39.2 Å². The number of nitrogens with zero attached hydrogens (tertiary/aromatic N) is 1. The predicted molar refractivity (Wildman–Crippen MR) is 123 cm³/mol. The molecule has 0 saturated heterocycles. The van der Waals surface area contributed by atoms with E-state index in [2.05, 4.69) is 24.3 Å². The standard InChI is InChI=1S/C27H28FNO2/c1-2-31-25(30)12-6-4-3-5-10-23-26(19-15-17-21(28)18-16-19)22-9-7-8-11-24(22)29-27(23)20-13-14-20/h5,7-11,15-18,20H,2-4,6,12-14H2,1H3/b10-5+. The average molecular weight is 418 g/mol. The lowest BCUT2D eigenvalue weighted by atomic mass is 9.92. The molecular weight excluding hydrogens is 389 g/mol. The molecule has 4 heteroatoms. The van der Waals surface area contributed by atoms with Crippen LogP contribution in [0, 0.1) is 5.82 Å². The van der Waals surface area contributed by atoms with Crippen molar-refractivity contribution in [3.8, 4) is 11.1 Å². The van der Waals surface area contributed by atoms with E-state index in [0.717, 1.165) is 65.4 Å². The molecule has 1 aromatic heterocycles. The fourth-order valence-electron chi connectivity index (χ4n) is 3.98. The molecule has 0 amide bonds. The number of pyridine rings is 1. The molecule has 0 atom stereocenters. The molecule has 2 aromatic carbocycles. The Morgan fingerprint density at radius 2 is 1.90 bits per heavy atom. The molecule has 1 aliphatic carbocycles. The fourth-order valence-corrected chi connectivity index (χ4v) is 3.98. The second-order valence-electron chi connectivity index (χ2n) is 8.04. The van der Waals surface area contributed by atoms with Crippen LogP contribution in [0.5, 0.6) is 0 Å². The van der Waals surface area contributed by atoms with Gasteiger partial charge in [0.15, 0.2) is 0 Å². The number of esters is 1. The summed E-state index contributed by atoms with van der Waals surface area (Å²) in [7, 11) is 0. The zero-order chi connectivity index (χ0) is 21.6. The van der Waals surface area contributed by atoms with Gasteiger partial charge in [0.05, 0.1) is 17.8 Å². The van der Waals surface area contributed by atoms with Gasteiger partial charge in [0.1, 0.15) is 5.82 Å². The van der Waals surface area contributed by atoms with Crippen molar-refractivity contribution < 1.29 is 13.9 Å². The van der Waals surface area contributed by atoms with Gasteiger partial charge in [-0.3, -0.25) is 9.78 Å². The minimum Gasteiger partial charge on any atom is -0.466 e. The van der Waals surface area contributed by atoms with Gasteiger partial charge in [0.2, 0.25) is 0 Å². The van der Waals surface area contributed by atoms with Crippen molar-refractivity contribution >= 4 is 22.9 Å². The molecule has 160 valence electrons. The quantitative estimate of drug-likeness (QED) is 0.276. The van der Waals surface area contributed by atoms with E-state index in [1.54, 1.807) is 0 Å². The summed E-state index contributed by atoms with van der Waals surface area (Å²) in [6.07, 6.45) is 9.78. The van der Waals surface area contributed by atoms with Crippen molar-refractivity contribution in [1.82, 2.24) is 4.98 Å². The molecule has 0 aliphatic heterocycles. The summed E-state index contributed by atoms with van der Waals surface area (Å²) >= 11 is 0. The molecular formula is C27H28FNO2. The molecule has 0 bridgehead atoms. The fraction of sp³-hybridized carbons (Fsp3) is 0.333. The Morgan fingerprint density at radius 3 is 2.65 bits per heavy atom. The first-order valence-electron chi connectivity index (χ1n) is 11.2. The van der Waals surface area contributed by atoms with Gasteiger partial charge in [0, 0.05) is 28.9 Å². The first-order chi connectivity index (χ1) is 15.2. The summed E-state index contributed by atoms with van der Waals surface area (Å²) in [5, 5.41) is 1.08. The number of rotatable bonds is 9. The van der Waals surface area contributed by atoms with E-state index in [9.17, 15) is 9.18 Å². The highest BCUT2D eigenvalue weighted by Crippen LogP contribution is 2.45. The van der Waals surface area contributed by atoms with Gasteiger partial charge in [-0.25, -0.2) is 4.39 Å². The van der Waals surface area contributed by atoms with Crippen molar-refractivity contribution in [3.63, 3.8) is 0 Å². The van der Waals surface area contributed by atoms with Crippen LogP contribution in [0.15, 0.2) is 54.6 Å². The number of carbonyl (C=O) groups excluding carboxylic acids is 1. The van der Waals surface area contributed by atoms with E-state index in [0.29, 0.717) is 18.9 Å². The van der Waals surface area contributed by atoms with Gasteiger partial charge in [-0.1, -0.05) is 42.5 Å². The lowest BCUT2D eigenvalue weighted by Crippen LogP contribution is -2.02. The second-order valence-corrected chi connectivity index (χ2v) is 8.04. The van der Waals surface area contributed by atoms with Gasteiger partial charge in [-0.15, -0.1) is 0 Å². The number of halogens is 1. The molecule has 0 unspecified atom stereocenters. The number of allylic oxidation sites excluding steroid dienone is 1. The number of hydrogen-bond acceptors (Lipinski definition) is 3. The lowest BCUT2D eigenvalue weighted by Gasteiger charge is -2.15. The number of ether oxygens (including phenoxy) is 1. The molecule has 1 fully saturated rings. The Bertz CT molecular complexity index is 1080. The monoisotopic (exact) mass is 417 g/mol. The summed E-state index contributed by atoms with van der Waals surface area (Å²) in [5.74, 6) is 0.135. The minimum atomic E-state index is -0.233. The zero-order valence-corrected chi connectivity index (χ0v) is 17.9. The van der Waals surface area contributed by atoms with E-state index >= 15 is 0 Å². The summed E-state index contributed by atoms with van der Waals surface area (Å²) in [6, 6.07) is 14.9. The second kappa shape index (κ2) is 9.86. The van der Waals surface area contributed by atoms with Crippen LogP contribution in [0.3, 0.4) is 0 Å². The van der Waals surface area contributed by atoms with E-state index in [1.165, 1.54) is 12.1 Å². The summed E-state index contributed by atoms with van der Waals surface area (Å²) < 4.78 is 18.6. The molecule has 4 rings (SSSR count). The summed E-state index contributed by atoms with van der Waals surface area (Å²) in [5.41, 5.74) is 5.38. The van der Waals surface area contributed by atoms with Gasteiger partial charge in [0.25, 0.3) is 0 Å². The Labute approximate surface area is 183 Å².